The molecule has 2 atom stereocenters. The minimum Gasteiger partial charge on any atom is -0.465 e. The molecule has 2 unspecified atom stereocenters. The third kappa shape index (κ3) is 2.89. The average Bonchev–Trinajstić information content (AvgIpc) is 2.76. The second-order valence-corrected chi connectivity index (χ2v) is 6.07. The molecule has 4 nitrogen and oxygen atoms in total. The molecular weight excluding hydrogens is 240 g/mol. The minimum atomic E-state index is -0.845. The quantitative estimate of drug-likeness (QED) is 0.861. The third-order valence-corrected chi connectivity index (χ3v) is 3.67. The number of rotatable bonds is 2. The fraction of sp³-hybridized carbons (Fsp3) is 0.533. The van der Waals surface area contributed by atoms with E-state index >= 15 is 0 Å². The lowest BCUT2D eigenvalue weighted by Gasteiger charge is -2.40. The third-order valence-electron chi connectivity index (χ3n) is 3.67. The number of nitrogens with zero attached hydrogens (tertiary/aromatic N) is 1. The maximum Gasteiger partial charge on any atom is 0.408 e. The van der Waals surface area contributed by atoms with Crippen molar-refractivity contribution in [3.63, 3.8) is 0 Å². The summed E-state index contributed by atoms with van der Waals surface area (Å²) in [5, 5.41) is 12.9. The molecule has 0 aliphatic carbocycles. The zero-order chi connectivity index (χ0) is 14.0. The number of benzene rings is 1. The molecule has 4 heteroatoms. The molecule has 0 spiro atoms. The van der Waals surface area contributed by atoms with E-state index in [1.54, 1.807) is 4.90 Å². The molecule has 0 saturated carbocycles. The normalized spacial score (nSPS) is 23.3. The fourth-order valence-corrected chi connectivity index (χ4v) is 2.90. The highest BCUT2D eigenvalue weighted by atomic mass is 16.4. The van der Waals surface area contributed by atoms with Gasteiger partial charge in [0.15, 0.2) is 0 Å². The first kappa shape index (κ1) is 13.9. The molecule has 0 bridgehead atoms. The van der Waals surface area contributed by atoms with Crippen molar-refractivity contribution >= 4 is 6.09 Å². The SMILES string of the molecule is CC(C)(C)N(C(=O)O)C1CNCC1c1ccccc1. The minimum absolute atomic E-state index is 0.0140. The van der Waals surface area contributed by atoms with Crippen LogP contribution in [0.3, 0.4) is 0 Å². The van der Waals surface area contributed by atoms with Gasteiger partial charge in [-0.1, -0.05) is 30.3 Å². The van der Waals surface area contributed by atoms with Crippen molar-refractivity contribution in [3.8, 4) is 0 Å². The smallest absolute Gasteiger partial charge is 0.408 e. The molecule has 19 heavy (non-hydrogen) atoms. The summed E-state index contributed by atoms with van der Waals surface area (Å²) in [7, 11) is 0. The molecule has 2 rings (SSSR count). The lowest BCUT2D eigenvalue weighted by atomic mass is 9.90. The van der Waals surface area contributed by atoms with Crippen molar-refractivity contribution in [1.82, 2.24) is 10.2 Å². The van der Waals surface area contributed by atoms with Crippen molar-refractivity contribution < 1.29 is 9.90 Å². The van der Waals surface area contributed by atoms with Crippen LogP contribution in [0.1, 0.15) is 32.3 Å². The van der Waals surface area contributed by atoms with E-state index in [2.05, 4.69) is 17.4 Å². The maximum atomic E-state index is 11.6. The average molecular weight is 262 g/mol. The Balaban J connectivity index is 2.30. The number of hydrogen-bond donors (Lipinski definition) is 2. The van der Waals surface area contributed by atoms with Gasteiger partial charge in [-0.25, -0.2) is 4.79 Å². The fourth-order valence-electron chi connectivity index (χ4n) is 2.90. The summed E-state index contributed by atoms with van der Waals surface area (Å²) in [5.74, 6) is 0.219. The molecule has 104 valence electrons. The van der Waals surface area contributed by atoms with Crippen LogP contribution in [0.25, 0.3) is 0 Å². The number of nitrogens with one attached hydrogen (secondary N) is 1. The first-order valence-electron chi connectivity index (χ1n) is 6.69. The van der Waals surface area contributed by atoms with Gasteiger partial charge in [0.2, 0.25) is 0 Å². The Morgan fingerprint density at radius 1 is 1.26 bits per heavy atom. The van der Waals surface area contributed by atoms with E-state index in [9.17, 15) is 9.90 Å². The summed E-state index contributed by atoms with van der Waals surface area (Å²) in [6.07, 6.45) is -0.845. The molecule has 1 fully saturated rings. The van der Waals surface area contributed by atoms with Gasteiger partial charge in [-0.2, -0.15) is 0 Å². The molecule has 1 aliphatic heterocycles. The van der Waals surface area contributed by atoms with Crippen molar-refractivity contribution in [3.05, 3.63) is 35.9 Å². The summed E-state index contributed by atoms with van der Waals surface area (Å²) in [6, 6.07) is 10.1. The Bertz CT molecular complexity index is 439. The van der Waals surface area contributed by atoms with E-state index in [-0.39, 0.29) is 12.0 Å². The Morgan fingerprint density at radius 3 is 2.42 bits per heavy atom. The summed E-state index contributed by atoms with van der Waals surface area (Å²) < 4.78 is 0. The predicted octanol–water partition coefficient (Wildman–Crippen LogP) is 2.52. The van der Waals surface area contributed by atoms with Gasteiger partial charge in [0.05, 0.1) is 6.04 Å². The lowest BCUT2D eigenvalue weighted by Crippen LogP contribution is -2.53. The molecule has 1 heterocycles. The molecule has 0 radical (unpaired) electrons. The Labute approximate surface area is 114 Å². The van der Waals surface area contributed by atoms with Gasteiger partial charge in [0.1, 0.15) is 0 Å². The van der Waals surface area contributed by atoms with Gasteiger partial charge in [-0.3, -0.25) is 4.90 Å². The number of hydrogen-bond acceptors (Lipinski definition) is 2. The molecule has 0 aromatic heterocycles. The van der Waals surface area contributed by atoms with Crippen molar-refractivity contribution in [1.29, 1.82) is 0 Å². The van der Waals surface area contributed by atoms with Gasteiger partial charge in [-0.05, 0) is 26.3 Å². The van der Waals surface area contributed by atoms with E-state index in [1.165, 1.54) is 5.56 Å². The van der Waals surface area contributed by atoms with Crippen molar-refractivity contribution in [2.75, 3.05) is 13.1 Å². The zero-order valence-corrected chi connectivity index (χ0v) is 11.8. The van der Waals surface area contributed by atoms with E-state index in [0.717, 1.165) is 6.54 Å². The molecule has 1 aliphatic rings. The van der Waals surface area contributed by atoms with E-state index in [1.807, 2.05) is 39.0 Å². The van der Waals surface area contributed by atoms with Crippen LogP contribution in [0.5, 0.6) is 0 Å². The second kappa shape index (κ2) is 5.21. The van der Waals surface area contributed by atoms with E-state index in [4.69, 9.17) is 0 Å². The van der Waals surface area contributed by atoms with Gasteiger partial charge < -0.3 is 10.4 Å². The van der Waals surface area contributed by atoms with Gasteiger partial charge in [0.25, 0.3) is 0 Å². The van der Waals surface area contributed by atoms with Crippen LogP contribution in [0.4, 0.5) is 4.79 Å². The Hall–Kier alpha value is -1.55. The molecule has 1 amide bonds. The predicted molar refractivity (Wildman–Crippen MR) is 75.5 cm³/mol. The summed E-state index contributed by atoms with van der Waals surface area (Å²) in [4.78, 5) is 13.2. The van der Waals surface area contributed by atoms with Gasteiger partial charge >= 0.3 is 6.09 Å². The Kier molecular flexibility index (Phi) is 3.80. The monoisotopic (exact) mass is 262 g/mol. The van der Waals surface area contributed by atoms with Crippen LogP contribution in [0, 0.1) is 0 Å². The topological polar surface area (TPSA) is 52.6 Å². The number of carbonyl (C=O) groups is 1. The van der Waals surface area contributed by atoms with Gasteiger partial charge in [0, 0.05) is 24.5 Å². The molecule has 1 saturated heterocycles. The van der Waals surface area contributed by atoms with E-state index in [0.29, 0.717) is 6.54 Å². The summed E-state index contributed by atoms with van der Waals surface area (Å²) >= 11 is 0. The van der Waals surface area contributed by atoms with Crippen molar-refractivity contribution in [2.45, 2.75) is 38.3 Å². The van der Waals surface area contributed by atoms with Crippen LogP contribution in [-0.4, -0.2) is 40.8 Å². The molecule has 1 aromatic carbocycles. The van der Waals surface area contributed by atoms with Crippen LogP contribution < -0.4 is 5.32 Å². The maximum absolute atomic E-state index is 11.6. The highest BCUT2D eigenvalue weighted by Crippen LogP contribution is 2.31. The molecular formula is C15H22N2O2. The molecule has 1 aromatic rings. The van der Waals surface area contributed by atoms with Crippen LogP contribution in [-0.2, 0) is 0 Å². The highest BCUT2D eigenvalue weighted by Gasteiger charge is 2.40. The van der Waals surface area contributed by atoms with Crippen LogP contribution in [0.15, 0.2) is 30.3 Å². The van der Waals surface area contributed by atoms with E-state index < -0.39 is 11.6 Å². The lowest BCUT2D eigenvalue weighted by molar-refractivity contribution is 0.0708. The summed E-state index contributed by atoms with van der Waals surface area (Å²) in [5.41, 5.74) is 0.809. The zero-order valence-electron chi connectivity index (χ0n) is 11.8. The highest BCUT2D eigenvalue weighted by molar-refractivity contribution is 5.67. The van der Waals surface area contributed by atoms with Crippen molar-refractivity contribution in [2.24, 2.45) is 0 Å². The summed E-state index contributed by atoms with van der Waals surface area (Å²) in [6.45, 7) is 7.38. The van der Waals surface area contributed by atoms with Crippen LogP contribution in [0.2, 0.25) is 0 Å². The number of carboxylic acid groups (broad SMARTS) is 1. The van der Waals surface area contributed by atoms with Gasteiger partial charge in [-0.15, -0.1) is 0 Å². The second-order valence-electron chi connectivity index (χ2n) is 6.07. The first-order valence-corrected chi connectivity index (χ1v) is 6.69. The van der Waals surface area contributed by atoms with Crippen LogP contribution >= 0.6 is 0 Å². The number of amides is 1. The first-order chi connectivity index (χ1) is 8.91. The standard InChI is InChI=1S/C15H22N2O2/c1-15(2,3)17(14(18)19)13-10-16-9-12(13)11-7-5-4-6-8-11/h4-8,12-13,16H,9-10H2,1-3H3,(H,18,19). The largest absolute Gasteiger partial charge is 0.465 e. The molecule has 2 N–H and O–H groups in total. The Morgan fingerprint density at radius 2 is 1.89 bits per heavy atom.